The summed E-state index contributed by atoms with van der Waals surface area (Å²) in [5, 5.41) is 2.62. The van der Waals surface area contributed by atoms with E-state index in [2.05, 4.69) is 67.2 Å². The maximum Gasteiger partial charge on any atom is 0.212 e. The molecule has 1 heteroatoms. The molecule has 0 bridgehead atoms. The predicted molar refractivity (Wildman–Crippen MR) is 78.5 cm³/mol. The summed E-state index contributed by atoms with van der Waals surface area (Å²) in [6.07, 6.45) is 8.51. The van der Waals surface area contributed by atoms with Crippen molar-refractivity contribution < 1.29 is 4.57 Å². The van der Waals surface area contributed by atoms with Crippen LogP contribution < -0.4 is 4.57 Å². The summed E-state index contributed by atoms with van der Waals surface area (Å²) in [4.78, 5) is 0. The molecule has 0 saturated heterocycles. The summed E-state index contributed by atoms with van der Waals surface area (Å²) < 4.78 is 2.26. The largest absolute Gasteiger partial charge is 0.212 e. The van der Waals surface area contributed by atoms with Crippen molar-refractivity contribution in [1.82, 2.24) is 0 Å². The molecule has 2 atom stereocenters. The lowest BCUT2D eigenvalue weighted by Gasteiger charge is -2.11. The Balaban J connectivity index is 1.91. The third kappa shape index (κ3) is 1.73. The molecule has 0 spiro atoms. The normalized spacial score (nSPS) is 24.7. The van der Waals surface area contributed by atoms with E-state index >= 15 is 0 Å². The van der Waals surface area contributed by atoms with E-state index in [0.717, 1.165) is 11.8 Å². The highest BCUT2D eigenvalue weighted by molar-refractivity contribution is 5.86. The van der Waals surface area contributed by atoms with Crippen LogP contribution >= 0.6 is 0 Å². The molecule has 1 aromatic carbocycles. The van der Waals surface area contributed by atoms with Gasteiger partial charge in [-0.1, -0.05) is 30.4 Å². The highest BCUT2D eigenvalue weighted by Gasteiger charge is 2.38. The molecular weight excluding hydrogens is 230 g/mol. The number of fused-ring (bicyclic) bond motifs is 2. The molecule has 1 fully saturated rings. The first-order chi connectivity index (χ1) is 9.22. The number of pyridine rings is 1. The van der Waals surface area contributed by atoms with Gasteiger partial charge in [0, 0.05) is 17.0 Å². The van der Waals surface area contributed by atoms with Crippen LogP contribution in [0, 0.1) is 11.8 Å². The zero-order chi connectivity index (χ0) is 13.0. The second kappa shape index (κ2) is 3.80. The average molecular weight is 248 g/mol. The molecule has 94 valence electrons. The first kappa shape index (κ1) is 11.0. The molecule has 1 nitrogen and oxygen atoms in total. The maximum absolute atomic E-state index is 2.48. The Labute approximate surface area is 113 Å². The topological polar surface area (TPSA) is 3.88 Å². The van der Waals surface area contributed by atoms with Crippen molar-refractivity contribution in [3.05, 3.63) is 59.9 Å². The van der Waals surface area contributed by atoms with Gasteiger partial charge in [-0.3, -0.25) is 0 Å². The number of hydrogen-bond donors (Lipinski definition) is 0. The number of allylic oxidation sites excluding steroid dienone is 4. The van der Waals surface area contributed by atoms with Crippen LogP contribution in [0.15, 0.2) is 54.3 Å². The smallest absolute Gasteiger partial charge is 0.200 e. The van der Waals surface area contributed by atoms with Gasteiger partial charge < -0.3 is 0 Å². The summed E-state index contributed by atoms with van der Waals surface area (Å²) in [7, 11) is 2.15. The summed E-state index contributed by atoms with van der Waals surface area (Å²) >= 11 is 0. The number of aromatic nitrogens is 1. The van der Waals surface area contributed by atoms with Crippen LogP contribution in [-0.4, -0.2) is 0 Å². The summed E-state index contributed by atoms with van der Waals surface area (Å²) in [6, 6.07) is 10.9. The third-order valence-corrected chi connectivity index (χ3v) is 4.44. The van der Waals surface area contributed by atoms with E-state index in [9.17, 15) is 0 Å². The number of rotatable bonds is 1. The quantitative estimate of drug-likeness (QED) is 0.678. The molecule has 0 amide bonds. The van der Waals surface area contributed by atoms with Crippen molar-refractivity contribution in [3.8, 4) is 0 Å². The second-order valence-electron chi connectivity index (χ2n) is 5.89. The summed E-state index contributed by atoms with van der Waals surface area (Å²) in [5.41, 5.74) is 4.19. The van der Waals surface area contributed by atoms with Crippen molar-refractivity contribution in [3.63, 3.8) is 0 Å². The highest BCUT2D eigenvalue weighted by atomic mass is 14.9. The Hall–Kier alpha value is -1.89. The van der Waals surface area contributed by atoms with Crippen molar-refractivity contribution in [1.29, 1.82) is 0 Å². The molecule has 2 unspecified atom stereocenters. The van der Waals surface area contributed by atoms with E-state index in [4.69, 9.17) is 0 Å². The van der Waals surface area contributed by atoms with Gasteiger partial charge in [0.25, 0.3) is 0 Å². The van der Waals surface area contributed by atoms with E-state index in [0.29, 0.717) is 0 Å². The summed E-state index contributed by atoms with van der Waals surface area (Å²) in [6.45, 7) is 2.25. The molecular formula is C18H18N+. The van der Waals surface area contributed by atoms with Gasteiger partial charge in [-0.25, -0.2) is 4.57 Å². The zero-order valence-electron chi connectivity index (χ0n) is 11.4. The van der Waals surface area contributed by atoms with Gasteiger partial charge in [-0.2, -0.15) is 0 Å². The maximum atomic E-state index is 2.48. The van der Waals surface area contributed by atoms with E-state index in [-0.39, 0.29) is 0 Å². The molecule has 1 aromatic heterocycles. The van der Waals surface area contributed by atoms with Gasteiger partial charge in [0.2, 0.25) is 5.69 Å². The fourth-order valence-electron chi connectivity index (χ4n) is 3.22. The second-order valence-corrected chi connectivity index (χ2v) is 5.89. The van der Waals surface area contributed by atoms with Gasteiger partial charge >= 0.3 is 0 Å². The first-order valence-corrected chi connectivity index (χ1v) is 7.02. The molecule has 2 aromatic rings. The van der Waals surface area contributed by atoms with Gasteiger partial charge in [0.15, 0.2) is 6.20 Å². The van der Waals surface area contributed by atoms with Crippen molar-refractivity contribution >= 4 is 16.3 Å². The van der Waals surface area contributed by atoms with Crippen molar-refractivity contribution in [2.75, 3.05) is 0 Å². The Morgan fingerprint density at radius 2 is 1.79 bits per heavy atom. The SMILES string of the molecule is CC1=CC2CC2C=C1c1cc2ccccc2c[n+]1C. The third-order valence-electron chi connectivity index (χ3n) is 4.44. The monoisotopic (exact) mass is 248 g/mol. The molecule has 1 heterocycles. The first-order valence-electron chi connectivity index (χ1n) is 7.02. The van der Waals surface area contributed by atoms with Crippen LogP contribution in [0.2, 0.25) is 0 Å². The van der Waals surface area contributed by atoms with Gasteiger partial charge in [0.05, 0.1) is 0 Å². The minimum Gasteiger partial charge on any atom is -0.200 e. The van der Waals surface area contributed by atoms with Crippen LogP contribution in [-0.2, 0) is 7.05 Å². The molecule has 4 rings (SSSR count). The van der Waals surface area contributed by atoms with Crippen LogP contribution in [0.4, 0.5) is 0 Å². The van der Waals surface area contributed by atoms with E-state index in [1.807, 2.05) is 0 Å². The van der Waals surface area contributed by atoms with Crippen LogP contribution in [0.5, 0.6) is 0 Å². The minimum atomic E-state index is 0.796. The molecule has 2 aliphatic carbocycles. The molecule has 0 N–H and O–H groups in total. The lowest BCUT2D eigenvalue weighted by atomic mass is 9.95. The lowest BCUT2D eigenvalue weighted by Crippen LogP contribution is -2.33. The predicted octanol–water partition coefficient (Wildman–Crippen LogP) is 3.64. The number of nitrogens with zero attached hydrogens (tertiary/aromatic N) is 1. The highest BCUT2D eigenvalue weighted by Crippen LogP contribution is 2.48. The van der Waals surface area contributed by atoms with Crippen LogP contribution in [0.1, 0.15) is 19.0 Å². The Bertz CT molecular complexity index is 736. The Morgan fingerprint density at radius 1 is 1.05 bits per heavy atom. The standard InChI is InChI=1S/C18H18N/c1-12-7-15-8-16(15)9-17(12)18-10-13-5-3-4-6-14(13)11-19(18)2/h3-7,9-11,15-16H,8H2,1-2H3/q+1. The number of hydrogen-bond acceptors (Lipinski definition) is 0. The van der Waals surface area contributed by atoms with Crippen molar-refractivity contribution in [2.24, 2.45) is 18.9 Å². The molecule has 19 heavy (non-hydrogen) atoms. The summed E-state index contributed by atoms with van der Waals surface area (Å²) in [5.74, 6) is 1.62. The average Bonchev–Trinajstić information content (AvgIpc) is 3.15. The van der Waals surface area contributed by atoms with Gasteiger partial charge in [-0.15, -0.1) is 0 Å². The van der Waals surface area contributed by atoms with Crippen LogP contribution in [0.25, 0.3) is 16.3 Å². The zero-order valence-corrected chi connectivity index (χ0v) is 11.4. The lowest BCUT2D eigenvalue weighted by molar-refractivity contribution is -0.672. The van der Waals surface area contributed by atoms with E-state index in [1.165, 1.54) is 34.0 Å². The van der Waals surface area contributed by atoms with Crippen molar-refractivity contribution in [2.45, 2.75) is 13.3 Å². The van der Waals surface area contributed by atoms with Crippen LogP contribution in [0.3, 0.4) is 0 Å². The Kier molecular flexibility index (Phi) is 2.20. The molecule has 0 radical (unpaired) electrons. The van der Waals surface area contributed by atoms with E-state index < -0.39 is 0 Å². The van der Waals surface area contributed by atoms with E-state index in [1.54, 1.807) is 0 Å². The fraction of sp³-hybridized carbons (Fsp3) is 0.278. The number of aryl methyl sites for hydroxylation is 1. The van der Waals surface area contributed by atoms with Gasteiger partial charge in [-0.05, 0) is 42.2 Å². The molecule has 2 aliphatic rings. The fourth-order valence-corrected chi connectivity index (χ4v) is 3.22. The molecule has 0 aliphatic heterocycles. The number of benzene rings is 1. The Morgan fingerprint density at radius 3 is 2.63 bits per heavy atom. The minimum absolute atomic E-state index is 0.796. The molecule has 1 saturated carbocycles. The van der Waals surface area contributed by atoms with Gasteiger partial charge in [0.1, 0.15) is 7.05 Å².